The minimum atomic E-state index is -1.90. The van der Waals surface area contributed by atoms with Gasteiger partial charge in [0.2, 0.25) is 0 Å². The number of esters is 3. The molecular formula is C65H112O12. The van der Waals surface area contributed by atoms with Gasteiger partial charge in [-0.1, -0.05) is 255 Å². The van der Waals surface area contributed by atoms with Crippen LogP contribution in [0.5, 0.6) is 0 Å². The van der Waals surface area contributed by atoms with Crippen molar-refractivity contribution in [2.75, 3.05) is 13.2 Å². The van der Waals surface area contributed by atoms with E-state index in [0.717, 1.165) is 96.3 Å². The van der Waals surface area contributed by atoms with E-state index in [2.05, 4.69) is 81.5 Å². The van der Waals surface area contributed by atoms with Gasteiger partial charge in [0.15, 0.2) is 24.6 Å². The smallest absolute Gasteiger partial charge is 0.335 e. The van der Waals surface area contributed by atoms with Crippen LogP contribution in [0, 0.1) is 0 Å². The molecule has 1 rings (SSSR count). The van der Waals surface area contributed by atoms with E-state index < -0.39 is 67.3 Å². The van der Waals surface area contributed by atoms with E-state index in [1.54, 1.807) is 0 Å². The zero-order valence-electron chi connectivity index (χ0n) is 49.0. The molecule has 0 aromatic carbocycles. The molecule has 444 valence electrons. The van der Waals surface area contributed by atoms with Crippen LogP contribution >= 0.6 is 0 Å². The number of aliphatic hydroxyl groups excluding tert-OH is 2. The Kier molecular flexibility index (Phi) is 49.2. The van der Waals surface area contributed by atoms with Gasteiger partial charge in [0.25, 0.3) is 0 Å². The summed E-state index contributed by atoms with van der Waals surface area (Å²) in [6, 6.07) is 0. The first kappa shape index (κ1) is 71.4. The molecule has 1 heterocycles. The molecule has 12 nitrogen and oxygen atoms in total. The largest absolute Gasteiger partial charge is 0.479 e. The van der Waals surface area contributed by atoms with Gasteiger partial charge in [0, 0.05) is 19.3 Å². The van der Waals surface area contributed by atoms with Crippen LogP contribution in [-0.2, 0) is 42.9 Å². The molecule has 0 saturated carbocycles. The Bertz CT molecular complexity index is 1570. The lowest BCUT2D eigenvalue weighted by Crippen LogP contribution is -2.61. The first-order chi connectivity index (χ1) is 37.6. The molecule has 12 heteroatoms. The number of hydrogen-bond acceptors (Lipinski definition) is 11. The van der Waals surface area contributed by atoms with Gasteiger partial charge in [-0.05, 0) is 64.2 Å². The predicted molar refractivity (Wildman–Crippen MR) is 312 cm³/mol. The molecule has 3 N–H and O–H groups in total. The lowest BCUT2D eigenvalue weighted by molar-refractivity contribution is -0.301. The molecule has 1 aliphatic rings. The molecular weight excluding hydrogens is 973 g/mol. The highest BCUT2D eigenvalue weighted by molar-refractivity contribution is 5.74. The van der Waals surface area contributed by atoms with Gasteiger partial charge in [0.1, 0.15) is 18.8 Å². The van der Waals surface area contributed by atoms with Gasteiger partial charge < -0.3 is 39.0 Å². The summed E-state index contributed by atoms with van der Waals surface area (Å²) in [5.41, 5.74) is 0. The van der Waals surface area contributed by atoms with Crippen molar-refractivity contribution in [1.29, 1.82) is 0 Å². The van der Waals surface area contributed by atoms with Crippen molar-refractivity contribution < 1.29 is 58.2 Å². The summed E-state index contributed by atoms with van der Waals surface area (Å²) in [6.07, 6.45) is 53.3. The van der Waals surface area contributed by atoms with Crippen molar-refractivity contribution in [3.8, 4) is 0 Å². The van der Waals surface area contributed by atoms with Gasteiger partial charge >= 0.3 is 23.9 Å². The van der Waals surface area contributed by atoms with Crippen LogP contribution in [0.25, 0.3) is 0 Å². The van der Waals surface area contributed by atoms with Crippen molar-refractivity contribution in [2.45, 2.75) is 314 Å². The van der Waals surface area contributed by atoms with Crippen LogP contribution in [0.2, 0.25) is 0 Å². The molecule has 0 radical (unpaired) electrons. The van der Waals surface area contributed by atoms with Gasteiger partial charge in [0.05, 0.1) is 6.61 Å². The number of carbonyl (C=O) groups is 4. The maximum atomic E-state index is 13.2. The van der Waals surface area contributed by atoms with Crippen LogP contribution in [0.1, 0.15) is 278 Å². The Morgan fingerprint density at radius 1 is 0.442 bits per heavy atom. The summed E-state index contributed by atoms with van der Waals surface area (Å²) in [7, 11) is 0. The summed E-state index contributed by atoms with van der Waals surface area (Å²) < 4.78 is 28.4. The normalized spacial score (nSPS) is 18.4. The van der Waals surface area contributed by atoms with Gasteiger partial charge in [-0.25, -0.2) is 4.79 Å². The van der Waals surface area contributed by atoms with E-state index in [-0.39, 0.29) is 25.9 Å². The van der Waals surface area contributed by atoms with Crippen molar-refractivity contribution >= 4 is 23.9 Å². The second-order valence-electron chi connectivity index (χ2n) is 21.3. The first-order valence-electron chi connectivity index (χ1n) is 31.3. The second-order valence-corrected chi connectivity index (χ2v) is 21.3. The molecule has 77 heavy (non-hydrogen) atoms. The maximum absolute atomic E-state index is 13.2. The molecule has 1 aliphatic heterocycles. The number of carboxylic acids is 1. The molecule has 6 unspecified atom stereocenters. The van der Waals surface area contributed by atoms with E-state index in [1.807, 2.05) is 0 Å². The lowest BCUT2D eigenvalue weighted by Gasteiger charge is -2.40. The number of carbonyl (C=O) groups excluding carboxylic acids is 3. The maximum Gasteiger partial charge on any atom is 0.335 e. The number of rotatable bonds is 53. The molecule has 0 spiro atoms. The summed E-state index contributed by atoms with van der Waals surface area (Å²) >= 11 is 0. The van der Waals surface area contributed by atoms with Crippen LogP contribution in [0.15, 0.2) is 60.8 Å². The Labute approximate surface area is 468 Å². The quantitative estimate of drug-likeness (QED) is 0.0228. The average Bonchev–Trinajstić information content (AvgIpc) is 3.42. The fraction of sp³-hybridized carbons (Fsp3) is 0.785. The Morgan fingerprint density at radius 2 is 0.818 bits per heavy atom. The van der Waals surface area contributed by atoms with Gasteiger partial charge in [-0.15, -0.1) is 0 Å². The second kappa shape index (κ2) is 53.1. The average molecular weight is 1090 g/mol. The minimum Gasteiger partial charge on any atom is -0.479 e. The number of unbranched alkanes of at least 4 members (excludes halogenated alkanes) is 29. The van der Waals surface area contributed by atoms with Gasteiger partial charge in [-0.3, -0.25) is 14.4 Å². The molecule has 0 aromatic rings. The molecule has 1 fully saturated rings. The number of aliphatic carboxylic acids is 1. The highest BCUT2D eigenvalue weighted by atomic mass is 16.7. The summed E-state index contributed by atoms with van der Waals surface area (Å²) in [6.45, 7) is 5.87. The summed E-state index contributed by atoms with van der Waals surface area (Å²) in [4.78, 5) is 51.2. The van der Waals surface area contributed by atoms with Gasteiger partial charge in [-0.2, -0.15) is 0 Å². The Balaban J connectivity index is 2.68. The fourth-order valence-electron chi connectivity index (χ4n) is 9.34. The highest BCUT2D eigenvalue weighted by Gasteiger charge is 2.50. The van der Waals surface area contributed by atoms with Crippen molar-refractivity contribution in [3.63, 3.8) is 0 Å². The summed E-state index contributed by atoms with van der Waals surface area (Å²) in [5, 5.41) is 31.5. The highest BCUT2D eigenvalue weighted by Crippen LogP contribution is 2.27. The molecule has 0 amide bonds. The Morgan fingerprint density at radius 3 is 1.25 bits per heavy atom. The number of ether oxygens (including phenoxy) is 5. The SMILES string of the molecule is CC/C=C\C/C=C\C/C=C\C/C=C\C/C=C\CCCCCC(=O)OCC(COC1OC(C(=O)O)C(O)C(O)C1OC(=O)CCCCCCCCCCCCC)OC(=O)CCCCCCCCCCCCCCCCCCC. The molecule has 0 bridgehead atoms. The van der Waals surface area contributed by atoms with Crippen LogP contribution < -0.4 is 0 Å². The monoisotopic (exact) mass is 1080 g/mol. The zero-order chi connectivity index (χ0) is 56.1. The van der Waals surface area contributed by atoms with Crippen LogP contribution in [-0.4, -0.2) is 89.2 Å². The Hall–Kier alpha value is -3.58. The first-order valence-corrected chi connectivity index (χ1v) is 31.3. The van der Waals surface area contributed by atoms with Crippen molar-refractivity contribution in [2.24, 2.45) is 0 Å². The predicted octanol–water partition coefficient (Wildman–Crippen LogP) is 16.3. The van der Waals surface area contributed by atoms with Crippen LogP contribution in [0.4, 0.5) is 0 Å². The van der Waals surface area contributed by atoms with E-state index in [1.165, 1.54) is 122 Å². The minimum absolute atomic E-state index is 0.0599. The fourth-order valence-corrected chi connectivity index (χ4v) is 9.34. The van der Waals surface area contributed by atoms with Crippen LogP contribution in [0.3, 0.4) is 0 Å². The van der Waals surface area contributed by atoms with E-state index >= 15 is 0 Å². The third-order valence-corrected chi connectivity index (χ3v) is 14.1. The van der Waals surface area contributed by atoms with Crippen molar-refractivity contribution in [3.05, 3.63) is 60.8 Å². The zero-order valence-corrected chi connectivity index (χ0v) is 49.0. The number of aliphatic hydroxyl groups is 2. The third kappa shape index (κ3) is 43.0. The molecule has 0 aliphatic carbocycles. The van der Waals surface area contributed by atoms with E-state index in [0.29, 0.717) is 19.3 Å². The molecule has 1 saturated heterocycles. The molecule has 6 atom stereocenters. The summed E-state index contributed by atoms with van der Waals surface area (Å²) in [5.74, 6) is -3.14. The topological polar surface area (TPSA) is 175 Å². The number of carboxylic acid groups (broad SMARTS) is 1. The van der Waals surface area contributed by atoms with Crippen molar-refractivity contribution in [1.82, 2.24) is 0 Å². The molecule has 0 aromatic heterocycles. The number of allylic oxidation sites excluding steroid dienone is 10. The lowest BCUT2D eigenvalue weighted by atomic mass is 9.98. The van der Waals surface area contributed by atoms with E-state index in [9.17, 15) is 34.5 Å². The number of hydrogen-bond donors (Lipinski definition) is 3. The third-order valence-electron chi connectivity index (χ3n) is 14.1. The standard InChI is InChI=1S/C65H112O12/c1-4-7-10-13-16-19-22-24-26-28-29-31-32-34-37-39-42-45-48-51-57(66)73-54-56(75-58(67)52-49-46-43-41-38-35-33-30-27-25-23-20-17-14-11-8-5-2)55-74-65-63(61(70)60(69)62(77-65)64(71)72)76-59(68)53-50-47-44-40-36-21-18-15-12-9-6-3/h7,10,16,19,24,26,29,31,34,37,56,60-63,65,69-70H,4-6,8-9,11-15,17-18,20-23,25,27-28,30,32-33,35-36,38-55H2,1-3H3,(H,71,72)/b10-7-,19-16-,26-24-,31-29-,37-34-. The van der Waals surface area contributed by atoms with E-state index in [4.69, 9.17) is 23.7 Å².